The summed E-state index contributed by atoms with van der Waals surface area (Å²) < 4.78 is 30.3. The van der Waals surface area contributed by atoms with Gasteiger partial charge in [0.15, 0.2) is 0 Å². The SMILES string of the molecule is CC.CC.CC(C)=CC/C(F)=C(\C)OC1CCC1.CC1=C(C)N(C(C)C)N=C(OC2CC(O)CC(CO)O2)C1. The molecule has 2 aliphatic heterocycles. The Morgan fingerprint density at radius 2 is 1.74 bits per heavy atom. The van der Waals surface area contributed by atoms with E-state index in [1.807, 2.05) is 52.6 Å². The molecule has 2 fully saturated rings. The van der Waals surface area contributed by atoms with Crippen LogP contribution in [-0.2, 0) is 14.2 Å². The van der Waals surface area contributed by atoms with Crippen molar-refractivity contribution in [2.45, 2.75) is 152 Å². The van der Waals surface area contributed by atoms with Crippen molar-refractivity contribution in [2.75, 3.05) is 6.61 Å². The predicted molar refractivity (Wildman–Crippen MR) is 159 cm³/mol. The molecule has 228 valence electrons. The normalized spacial score (nSPS) is 23.4. The number of ether oxygens (including phenoxy) is 3. The Morgan fingerprint density at radius 1 is 1.13 bits per heavy atom. The lowest BCUT2D eigenvalue weighted by atomic mass is 9.96. The molecule has 0 aromatic carbocycles. The second-order valence-electron chi connectivity index (χ2n) is 10.2. The van der Waals surface area contributed by atoms with Crippen LogP contribution < -0.4 is 0 Å². The average molecular weight is 557 g/mol. The van der Waals surface area contributed by atoms with Gasteiger partial charge in [-0.3, -0.25) is 5.01 Å². The number of hydrogen-bond donors (Lipinski definition) is 2. The van der Waals surface area contributed by atoms with Crippen LogP contribution in [-0.4, -0.2) is 58.4 Å². The molecule has 3 rings (SSSR count). The maximum Gasteiger partial charge on any atom is 0.213 e. The van der Waals surface area contributed by atoms with Gasteiger partial charge in [0.25, 0.3) is 0 Å². The van der Waals surface area contributed by atoms with E-state index >= 15 is 0 Å². The molecule has 2 heterocycles. The molecular formula is C31H57FN2O5. The molecule has 3 aliphatic rings. The summed E-state index contributed by atoms with van der Waals surface area (Å²) in [7, 11) is 0. The minimum atomic E-state index is -0.551. The third-order valence-corrected chi connectivity index (χ3v) is 6.37. The molecule has 39 heavy (non-hydrogen) atoms. The number of halogens is 1. The molecule has 0 radical (unpaired) electrons. The lowest BCUT2D eigenvalue weighted by molar-refractivity contribution is -0.191. The average Bonchev–Trinajstić information content (AvgIpc) is 2.88. The summed E-state index contributed by atoms with van der Waals surface area (Å²) in [6.45, 7) is 21.8. The molecule has 1 aliphatic carbocycles. The van der Waals surface area contributed by atoms with Crippen LogP contribution in [0.5, 0.6) is 0 Å². The van der Waals surface area contributed by atoms with Crippen LogP contribution in [0.3, 0.4) is 0 Å². The predicted octanol–water partition coefficient (Wildman–Crippen LogP) is 7.75. The zero-order chi connectivity index (χ0) is 30.1. The number of aliphatic hydroxyl groups is 2. The van der Waals surface area contributed by atoms with Crippen molar-refractivity contribution in [3.63, 3.8) is 0 Å². The Balaban J connectivity index is 0.000000698. The molecule has 8 heteroatoms. The molecule has 3 unspecified atom stereocenters. The highest BCUT2D eigenvalue weighted by Crippen LogP contribution is 2.27. The number of hydrogen-bond acceptors (Lipinski definition) is 7. The van der Waals surface area contributed by atoms with Crippen LogP contribution in [0.4, 0.5) is 4.39 Å². The first-order chi connectivity index (χ1) is 18.5. The van der Waals surface area contributed by atoms with E-state index in [4.69, 9.17) is 14.2 Å². The molecular weight excluding hydrogens is 499 g/mol. The molecule has 0 aromatic rings. The zero-order valence-corrected chi connectivity index (χ0v) is 26.5. The minimum Gasteiger partial charge on any atom is -0.492 e. The monoisotopic (exact) mass is 556 g/mol. The van der Waals surface area contributed by atoms with Crippen molar-refractivity contribution in [1.82, 2.24) is 5.01 Å². The van der Waals surface area contributed by atoms with Gasteiger partial charge in [-0.2, -0.15) is 0 Å². The van der Waals surface area contributed by atoms with Crippen LogP contribution in [0, 0.1) is 0 Å². The van der Waals surface area contributed by atoms with Crippen LogP contribution in [0.2, 0.25) is 0 Å². The summed E-state index contributed by atoms with van der Waals surface area (Å²) in [5.74, 6) is 0.924. The van der Waals surface area contributed by atoms with E-state index in [1.165, 1.54) is 12.0 Å². The van der Waals surface area contributed by atoms with Gasteiger partial charge < -0.3 is 24.4 Å². The summed E-state index contributed by atoms with van der Waals surface area (Å²) in [5, 5.41) is 25.5. The molecule has 1 saturated carbocycles. The highest BCUT2D eigenvalue weighted by Gasteiger charge is 2.31. The summed E-state index contributed by atoms with van der Waals surface area (Å²) in [5.41, 5.74) is 3.50. The smallest absolute Gasteiger partial charge is 0.213 e. The van der Waals surface area contributed by atoms with Gasteiger partial charge >= 0.3 is 0 Å². The summed E-state index contributed by atoms with van der Waals surface area (Å²) in [6, 6.07) is 0.252. The first kappa shape index (κ1) is 37.1. The Morgan fingerprint density at radius 3 is 2.23 bits per heavy atom. The van der Waals surface area contributed by atoms with Gasteiger partial charge in [-0.05, 0) is 73.3 Å². The second kappa shape index (κ2) is 20.0. The highest BCUT2D eigenvalue weighted by atomic mass is 19.1. The van der Waals surface area contributed by atoms with Gasteiger partial charge in [-0.25, -0.2) is 4.39 Å². The molecule has 0 bridgehead atoms. The zero-order valence-electron chi connectivity index (χ0n) is 26.5. The van der Waals surface area contributed by atoms with E-state index in [1.54, 1.807) is 6.92 Å². The molecule has 3 atom stereocenters. The fraction of sp³-hybridized carbons (Fsp3) is 0.774. The number of hydrazone groups is 1. The van der Waals surface area contributed by atoms with Crippen LogP contribution in [0.1, 0.15) is 121 Å². The molecule has 1 saturated heterocycles. The number of nitrogens with zero attached hydrogens (tertiary/aromatic N) is 2. The quantitative estimate of drug-likeness (QED) is 0.246. The summed E-state index contributed by atoms with van der Waals surface area (Å²) >= 11 is 0. The Bertz CT molecular complexity index is 814. The number of allylic oxidation sites excluding steroid dienone is 5. The van der Waals surface area contributed by atoms with Crippen molar-refractivity contribution in [3.05, 3.63) is 34.5 Å². The van der Waals surface area contributed by atoms with Crippen molar-refractivity contribution < 1.29 is 28.8 Å². The maximum absolute atomic E-state index is 13.4. The Labute approximate surface area is 237 Å². The highest BCUT2D eigenvalue weighted by molar-refractivity contribution is 5.79. The van der Waals surface area contributed by atoms with Crippen molar-refractivity contribution in [2.24, 2.45) is 5.10 Å². The number of rotatable bonds is 7. The topological polar surface area (TPSA) is 83.8 Å². The Hall–Kier alpha value is -1.90. The Kier molecular flexibility index (Phi) is 19.1. The molecule has 0 spiro atoms. The molecule has 0 amide bonds. The van der Waals surface area contributed by atoms with Gasteiger partial charge in [-0.15, -0.1) is 5.10 Å². The van der Waals surface area contributed by atoms with E-state index in [0.717, 1.165) is 24.1 Å². The van der Waals surface area contributed by atoms with Crippen molar-refractivity contribution >= 4 is 5.90 Å². The second-order valence-corrected chi connectivity index (χ2v) is 10.2. The summed E-state index contributed by atoms with van der Waals surface area (Å²) in [4.78, 5) is 0. The molecule has 2 N–H and O–H groups in total. The van der Waals surface area contributed by atoms with Crippen LogP contribution in [0.25, 0.3) is 0 Å². The van der Waals surface area contributed by atoms with Crippen LogP contribution in [0.15, 0.2) is 39.6 Å². The van der Waals surface area contributed by atoms with Crippen molar-refractivity contribution in [3.8, 4) is 0 Å². The van der Waals surface area contributed by atoms with E-state index in [-0.39, 0.29) is 30.7 Å². The van der Waals surface area contributed by atoms with Gasteiger partial charge in [0.2, 0.25) is 12.2 Å². The minimum absolute atomic E-state index is 0.112. The fourth-order valence-corrected chi connectivity index (χ4v) is 3.88. The van der Waals surface area contributed by atoms with E-state index in [9.17, 15) is 14.6 Å². The van der Waals surface area contributed by atoms with E-state index < -0.39 is 12.4 Å². The standard InChI is InChI=1S/C15H26N2O4.C12H19FO.2C2H6/c1-9(2)17-11(4)10(3)5-14(16-17)21-15-7-12(19)6-13(8-18)20-15;1-9(2)7-8-12(13)10(3)14-11-5-4-6-11;2*1-2/h9,12-13,15,18-19H,5-8H2,1-4H3;7,11H,4-6,8H2,1-3H3;2*1-2H3/b;12-10-;;. The molecule has 7 nitrogen and oxygen atoms in total. The number of aliphatic hydroxyl groups excluding tert-OH is 2. The van der Waals surface area contributed by atoms with Crippen molar-refractivity contribution in [1.29, 1.82) is 0 Å². The van der Waals surface area contributed by atoms with Gasteiger partial charge in [0, 0.05) is 37.4 Å². The summed E-state index contributed by atoms with van der Waals surface area (Å²) in [6.07, 6.45) is 5.94. The third-order valence-electron chi connectivity index (χ3n) is 6.37. The first-order valence-electron chi connectivity index (χ1n) is 14.8. The van der Waals surface area contributed by atoms with Gasteiger partial charge in [-0.1, -0.05) is 39.3 Å². The molecule has 0 aromatic heterocycles. The van der Waals surface area contributed by atoms with E-state index in [2.05, 4.69) is 32.8 Å². The van der Waals surface area contributed by atoms with Crippen LogP contribution >= 0.6 is 0 Å². The fourth-order valence-electron chi connectivity index (χ4n) is 3.88. The maximum atomic E-state index is 13.4. The first-order valence-corrected chi connectivity index (χ1v) is 14.8. The van der Waals surface area contributed by atoms with Gasteiger partial charge in [0.1, 0.15) is 11.6 Å². The lowest BCUT2D eigenvalue weighted by Gasteiger charge is -2.35. The van der Waals surface area contributed by atoms with Gasteiger partial charge in [0.05, 0.1) is 24.9 Å². The van der Waals surface area contributed by atoms with E-state index in [0.29, 0.717) is 37.3 Å². The largest absolute Gasteiger partial charge is 0.492 e. The third kappa shape index (κ3) is 13.8. The lowest BCUT2D eigenvalue weighted by Crippen LogP contribution is -2.40.